The van der Waals surface area contributed by atoms with Crippen molar-refractivity contribution in [1.82, 2.24) is 5.32 Å². The van der Waals surface area contributed by atoms with E-state index in [-0.39, 0.29) is 11.8 Å². The minimum absolute atomic E-state index is 0.180. The Labute approximate surface area is 152 Å². The Balaban J connectivity index is 2.03. The molecule has 0 heterocycles. The first-order chi connectivity index (χ1) is 12.3. The van der Waals surface area contributed by atoms with Gasteiger partial charge in [-0.1, -0.05) is 19.9 Å². The molecule has 0 saturated heterocycles. The molecule has 2 aromatic carbocycles. The van der Waals surface area contributed by atoms with Gasteiger partial charge in [0, 0.05) is 30.3 Å². The molecule has 0 atom stereocenters. The number of benzene rings is 2. The maximum absolute atomic E-state index is 12.3. The number of esters is 1. The van der Waals surface area contributed by atoms with Crippen molar-refractivity contribution in [3.05, 3.63) is 59.7 Å². The number of anilines is 1. The Morgan fingerprint density at radius 3 is 2.27 bits per heavy atom. The molecule has 2 aromatic rings. The molecule has 6 nitrogen and oxygen atoms in total. The fourth-order valence-electron chi connectivity index (χ4n) is 2.18. The highest BCUT2D eigenvalue weighted by atomic mass is 16.5. The van der Waals surface area contributed by atoms with Crippen molar-refractivity contribution >= 4 is 23.5 Å². The smallest absolute Gasteiger partial charge is 0.308 e. The van der Waals surface area contributed by atoms with Crippen LogP contribution in [-0.2, 0) is 4.79 Å². The van der Waals surface area contributed by atoms with Crippen molar-refractivity contribution in [2.24, 2.45) is 5.92 Å². The van der Waals surface area contributed by atoms with Gasteiger partial charge in [-0.05, 0) is 48.4 Å². The molecule has 0 radical (unpaired) electrons. The van der Waals surface area contributed by atoms with Gasteiger partial charge in [0.05, 0.1) is 0 Å². The number of rotatable bonds is 6. The summed E-state index contributed by atoms with van der Waals surface area (Å²) in [5.41, 5.74) is 1.42. The molecular formula is C20H22N2O4. The highest BCUT2D eigenvalue weighted by Crippen LogP contribution is 2.15. The third kappa shape index (κ3) is 5.73. The first-order valence-corrected chi connectivity index (χ1v) is 8.33. The number of carbonyl (C=O) groups excluding carboxylic acids is 3. The van der Waals surface area contributed by atoms with Crippen LogP contribution in [0.15, 0.2) is 48.5 Å². The average molecular weight is 354 g/mol. The van der Waals surface area contributed by atoms with Crippen LogP contribution in [0.3, 0.4) is 0 Å². The monoisotopic (exact) mass is 354 g/mol. The van der Waals surface area contributed by atoms with Gasteiger partial charge < -0.3 is 15.4 Å². The molecule has 0 bridgehead atoms. The molecule has 0 aliphatic heterocycles. The number of hydrogen-bond acceptors (Lipinski definition) is 4. The molecule has 136 valence electrons. The predicted molar refractivity (Wildman–Crippen MR) is 99.3 cm³/mol. The van der Waals surface area contributed by atoms with Crippen molar-refractivity contribution in [3.8, 4) is 5.75 Å². The average Bonchev–Trinajstić information content (AvgIpc) is 2.60. The fraction of sp³-hybridized carbons (Fsp3) is 0.250. The van der Waals surface area contributed by atoms with E-state index >= 15 is 0 Å². The quantitative estimate of drug-likeness (QED) is 0.616. The summed E-state index contributed by atoms with van der Waals surface area (Å²) in [5, 5.41) is 5.59. The maximum atomic E-state index is 12.3. The summed E-state index contributed by atoms with van der Waals surface area (Å²) in [4.78, 5) is 35.4. The Morgan fingerprint density at radius 2 is 1.65 bits per heavy atom. The molecule has 6 heteroatoms. The van der Waals surface area contributed by atoms with Gasteiger partial charge in [-0.25, -0.2) is 0 Å². The van der Waals surface area contributed by atoms with Crippen LogP contribution in [-0.4, -0.2) is 24.3 Å². The van der Waals surface area contributed by atoms with E-state index in [1.165, 1.54) is 6.92 Å². The minimum Gasteiger partial charge on any atom is -0.427 e. The SMILES string of the molecule is CC(=O)Oc1ccc(C(=O)Nc2cccc(C(=O)NCC(C)C)c2)cc1. The largest absolute Gasteiger partial charge is 0.427 e. The molecule has 0 spiro atoms. The standard InChI is InChI=1S/C20H22N2O4/c1-13(2)12-21-19(24)16-5-4-6-17(11-16)22-20(25)15-7-9-18(10-8-15)26-14(3)23/h4-11,13H,12H2,1-3H3,(H,21,24)(H,22,25). The molecule has 0 aliphatic carbocycles. The summed E-state index contributed by atoms with van der Waals surface area (Å²) in [6.45, 7) is 5.93. The van der Waals surface area contributed by atoms with Crippen LogP contribution in [0.1, 0.15) is 41.5 Å². The van der Waals surface area contributed by atoms with Gasteiger partial charge in [-0.2, -0.15) is 0 Å². The van der Waals surface area contributed by atoms with Crippen LogP contribution < -0.4 is 15.4 Å². The molecule has 0 unspecified atom stereocenters. The Hall–Kier alpha value is -3.15. The van der Waals surface area contributed by atoms with Crippen LogP contribution in [0.2, 0.25) is 0 Å². The van der Waals surface area contributed by atoms with Crippen molar-refractivity contribution in [2.45, 2.75) is 20.8 Å². The lowest BCUT2D eigenvalue weighted by Gasteiger charge is -2.10. The number of carbonyl (C=O) groups is 3. The Kier molecular flexibility index (Phi) is 6.49. The van der Waals surface area contributed by atoms with Crippen LogP contribution >= 0.6 is 0 Å². The van der Waals surface area contributed by atoms with E-state index in [0.717, 1.165) is 0 Å². The van der Waals surface area contributed by atoms with E-state index in [4.69, 9.17) is 4.74 Å². The van der Waals surface area contributed by atoms with E-state index in [2.05, 4.69) is 10.6 Å². The van der Waals surface area contributed by atoms with Crippen LogP contribution in [0, 0.1) is 5.92 Å². The van der Waals surface area contributed by atoms with E-state index in [0.29, 0.717) is 35.0 Å². The summed E-state index contributed by atoms with van der Waals surface area (Å²) in [5.74, 6) is -0.191. The zero-order valence-electron chi connectivity index (χ0n) is 15.0. The highest BCUT2D eigenvalue weighted by molar-refractivity contribution is 6.05. The van der Waals surface area contributed by atoms with Gasteiger partial charge in [0.2, 0.25) is 0 Å². The summed E-state index contributed by atoms with van der Waals surface area (Å²) in [6.07, 6.45) is 0. The van der Waals surface area contributed by atoms with E-state index in [1.54, 1.807) is 48.5 Å². The summed E-state index contributed by atoms with van der Waals surface area (Å²) in [7, 11) is 0. The normalized spacial score (nSPS) is 10.3. The Bertz CT molecular complexity index is 798. The van der Waals surface area contributed by atoms with Crippen LogP contribution in [0.4, 0.5) is 5.69 Å². The second-order valence-corrected chi connectivity index (χ2v) is 6.26. The van der Waals surface area contributed by atoms with Gasteiger partial charge in [-0.3, -0.25) is 14.4 Å². The van der Waals surface area contributed by atoms with Crippen molar-refractivity contribution in [3.63, 3.8) is 0 Å². The van der Waals surface area contributed by atoms with E-state index in [9.17, 15) is 14.4 Å². The van der Waals surface area contributed by atoms with Gasteiger partial charge >= 0.3 is 5.97 Å². The van der Waals surface area contributed by atoms with Crippen LogP contribution in [0.5, 0.6) is 5.75 Å². The van der Waals surface area contributed by atoms with Gasteiger partial charge in [0.15, 0.2) is 0 Å². The summed E-state index contributed by atoms with van der Waals surface area (Å²) in [6, 6.07) is 13.0. The third-order valence-corrected chi connectivity index (χ3v) is 3.43. The minimum atomic E-state index is -0.422. The zero-order valence-corrected chi connectivity index (χ0v) is 15.0. The van der Waals surface area contributed by atoms with Gasteiger partial charge in [0.25, 0.3) is 11.8 Å². The van der Waals surface area contributed by atoms with E-state index in [1.807, 2.05) is 13.8 Å². The third-order valence-electron chi connectivity index (χ3n) is 3.43. The molecule has 2 amide bonds. The molecule has 2 N–H and O–H groups in total. The molecule has 0 saturated carbocycles. The van der Waals surface area contributed by atoms with Gasteiger partial charge in [0.1, 0.15) is 5.75 Å². The maximum Gasteiger partial charge on any atom is 0.308 e. The van der Waals surface area contributed by atoms with Crippen molar-refractivity contribution in [1.29, 1.82) is 0 Å². The summed E-state index contributed by atoms with van der Waals surface area (Å²) < 4.78 is 4.93. The second-order valence-electron chi connectivity index (χ2n) is 6.26. The van der Waals surface area contributed by atoms with Crippen LogP contribution in [0.25, 0.3) is 0 Å². The topological polar surface area (TPSA) is 84.5 Å². The van der Waals surface area contributed by atoms with Gasteiger partial charge in [-0.15, -0.1) is 0 Å². The molecule has 26 heavy (non-hydrogen) atoms. The number of hydrogen-bond donors (Lipinski definition) is 2. The van der Waals surface area contributed by atoms with E-state index < -0.39 is 5.97 Å². The number of ether oxygens (including phenoxy) is 1. The summed E-state index contributed by atoms with van der Waals surface area (Å²) >= 11 is 0. The molecule has 0 fully saturated rings. The van der Waals surface area contributed by atoms with Crippen molar-refractivity contribution in [2.75, 3.05) is 11.9 Å². The first-order valence-electron chi connectivity index (χ1n) is 8.33. The molecule has 2 rings (SSSR count). The Morgan fingerprint density at radius 1 is 0.962 bits per heavy atom. The molecular weight excluding hydrogens is 332 g/mol. The predicted octanol–water partition coefficient (Wildman–Crippen LogP) is 3.25. The number of nitrogens with one attached hydrogen (secondary N) is 2. The lowest BCUT2D eigenvalue weighted by Crippen LogP contribution is -2.27. The van der Waals surface area contributed by atoms with Crippen molar-refractivity contribution < 1.29 is 19.1 Å². The molecule has 0 aromatic heterocycles. The fourth-order valence-corrected chi connectivity index (χ4v) is 2.18. The number of amides is 2. The first kappa shape index (κ1) is 19.2. The lowest BCUT2D eigenvalue weighted by molar-refractivity contribution is -0.131. The molecule has 0 aliphatic rings. The second kappa shape index (κ2) is 8.80. The lowest BCUT2D eigenvalue weighted by atomic mass is 10.1. The zero-order chi connectivity index (χ0) is 19.1. The highest BCUT2D eigenvalue weighted by Gasteiger charge is 2.10.